The largest absolute Gasteiger partial charge is 0.0596 e. The lowest BCUT2D eigenvalue weighted by Crippen LogP contribution is -2.55. The molecule has 3 rings (SSSR count). The van der Waals surface area contributed by atoms with E-state index in [0.29, 0.717) is 16.2 Å². The zero-order valence-electron chi connectivity index (χ0n) is 9.20. The lowest BCUT2D eigenvalue weighted by Gasteiger charge is -2.62. The molecule has 0 aromatic heterocycles. The molecule has 2 atom stereocenters. The van der Waals surface area contributed by atoms with Gasteiger partial charge >= 0.3 is 0 Å². The molecule has 3 aliphatic carbocycles. The zero-order chi connectivity index (χ0) is 9.20. The van der Waals surface area contributed by atoms with Gasteiger partial charge in [-0.2, -0.15) is 0 Å². The van der Waals surface area contributed by atoms with Crippen molar-refractivity contribution < 1.29 is 0 Å². The van der Waals surface area contributed by atoms with E-state index >= 15 is 0 Å². The van der Waals surface area contributed by atoms with Crippen LogP contribution in [0.4, 0.5) is 0 Å². The van der Waals surface area contributed by atoms with E-state index in [1.165, 1.54) is 19.3 Å². The Kier molecular flexibility index (Phi) is 1.37. The van der Waals surface area contributed by atoms with E-state index in [1.807, 2.05) is 0 Å². The van der Waals surface area contributed by atoms with Crippen molar-refractivity contribution in [2.24, 2.45) is 22.2 Å². The second-order valence-corrected chi connectivity index (χ2v) is 6.49. The van der Waals surface area contributed by atoms with Gasteiger partial charge < -0.3 is 0 Å². The predicted molar refractivity (Wildman–Crippen MR) is 53.0 cm³/mol. The molecule has 0 saturated heterocycles. The topological polar surface area (TPSA) is 0 Å². The van der Waals surface area contributed by atoms with Gasteiger partial charge in [0.05, 0.1) is 0 Å². The van der Waals surface area contributed by atoms with Crippen LogP contribution in [-0.2, 0) is 0 Å². The quantitative estimate of drug-likeness (QED) is 0.512. The monoisotopic (exact) mass is 166 g/mol. The van der Waals surface area contributed by atoms with Gasteiger partial charge in [0.15, 0.2) is 0 Å². The molecule has 70 valence electrons. The molecule has 0 radical (unpaired) electrons. The molecule has 12 heavy (non-hydrogen) atoms. The summed E-state index contributed by atoms with van der Waals surface area (Å²) in [5.41, 5.74) is 1.82. The maximum Gasteiger partial charge on any atom is -0.0192 e. The fraction of sp³-hybridized carbons (Fsp3) is 1.00. The van der Waals surface area contributed by atoms with Crippen molar-refractivity contribution >= 4 is 0 Å². The predicted octanol–water partition coefficient (Wildman–Crippen LogP) is 3.86. The van der Waals surface area contributed by atoms with E-state index in [-0.39, 0.29) is 0 Å². The molecule has 0 amide bonds. The fourth-order valence-electron chi connectivity index (χ4n) is 4.15. The van der Waals surface area contributed by atoms with Crippen molar-refractivity contribution in [1.82, 2.24) is 0 Å². The van der Waals surface area contributed by atoms with E-state index in [9.17, 15) is 0 Å². The Morgan fingerprint density at radius 3 is 1.92 bits per heavy atom. The third kappa shape index (κ3) is 0.661. The molecule has 0 nitrogen and oxygen atoms in total. The number of fused-ring (bicyclic) bond motifs is 1. The van der Waals surface area contributed by atoms with Crippen LogP contribution in [-0.4, -0.2) is 0 Å². The van der Waals surface area contributed by atoms with Crippen LogP contribution in [0.3, 0.4) is 0 Å². The minimum absolute atomic E-state index is 0.517. The first-order valence-corrected chi connectivity index (χ1v) is 5.31. The maximum absolute atomic E-state index is 2.49. The second kappa shape index (κ2) is 1.91. The Labute approximate surface area is 76.7 Å². The maximum atomic E-state index is 2.49. The fourth-order valence-corrected chi connectivity index (χ4v) is 4.15. The first-order valence-electron chi connectivity index (χ1n) is 5.31. The van der Waals surface area contributed by atoms with Crippen LogP contribution >= 0.6 is 0 Å². The highest BCUT2D eigenvalue weighted by molar-refractivity contribution is 5.17. The van der Waals surface area contributed by atoms with Gasteiger partial charge in [0.25, 0.3) is 0 Å². The third-order valence-corrected chi connectivity index (χ3v) is 5.20. The average molecular weight is 166 g/mol. The summed E-state index contributed by atoms with van der Waals surface area (Å²) in [6.45, 7) is 12.3. The van der Waals surface area contributed by atoms with E-state index in [1.54, 1.807) is 0 Å². The van der Waals surface area contributed by atoms with E-state index in [2.05, 4.69) is 34.6 Å². The number of hydrogen-bond donors (Lipinski definition) is 0. The van der Waals surface area contributed by atoms with Crippen LogP contribution in [0.25, 0.3) is 0 Å². The molecule has 3 fully saturated rings. The minimum atomic E-state index is 0.517. The first kappa shape index (κ1) is 8.59. The average Bonchev–Trinajstić information content (AvgIpc) is 2.38. The van der Waals surface area contributed by atoms with Gasteiger partial charge in [-0.05, 0) is 41.4 Å². The molecule has 2 unspecified atom stereocenters. The van der Waals surface area contributed by atoms with Gasteiger partial charge in [-0.25, -0.2) is 0 Å². The first-order chi connectivity index (χ1) is 5.31. The molecular weight excluding hydrogens is 144 g/mol. The molecule has 3 aliphatic rings. The van der Waals surface area contributed by atoms with Gasteiger partial charge in [-0.1, -0.05) is 34.6 Å². The van der Waals surface area contributed by atoms with Crippen LogP contribution in [0.2, 0.25) is 0 Å². The van der Waals surface area contributed by atoms with Crippen molar-refractivity contribution in [2.45, 2.75) is 53.9 Å². The van der Waals surface area contributed by atoms with Gasteiger partial charge in [-0.15, -0.1) is 0 Å². The lowest BCUT2D eigenvalue weighted by atomic mass is 9.43. The van der Waals surface area contributed by atoms with Crippen LogP contribution in [0.5, 0.6) is 0 Å². The summed E-state index contributed by atoms with van der Waals surface area (Å²) >= 11 is 0. The standard InChI is InChI=1S/C12H22/c1-10(2,3)12-7-6-9(8-12)11(12,4)5/h9H,6-8H2,1-5H3. The highest BCUT2D eigenvalue weighted by Gasteiger charge is 2.68. The van der Waals surface area contributed by atoms with Crippen LogP contribution in [0, 0.1) is 22.2 Å². The molecule has 2 bridgehead atoms. The molecule has 3 saturated carbocycles. The zero-order valence-corrected chi connectivity index (χ0v) is 9.20. The summed E-state index contributed by atoms with van der Waals surface area (Å²) in [6.07, 6.45) is 4.47. The Hall–Kier alpha value is 0. The van der Waals surface area contributed by atoms with Gasteiger partial charge in [-0.3, -0.25) is 0 Å². The smallest absolute Gasteiger partial charge is 0.0192 e. The Morgan fingerprint density at radius 2 is 1.75 bits per heavy atom. The van der Waals surface area contributed by atoms with Crippen molar-refractivity contribution in [3.8, 4) is 0 Å². The molecular formula is C12H22. The van der Waals surface area contributed by atoms with Crippen molar-refractivity contribution in [3.63, 3.8) is 0 Å². The molecule has 0 heteroatoms. The van der Waals surface area contributed by atoms with E-state index in [0.717, 1.165) is 5.92 Å². The molecule has 0 aromatic carbocycles. The van der Waals surface area contributed by atoms with Gasteiger partial charge in [0, 0.05) is 0 Å². The van der Waals surface area contributed by atoms with Crippen molar-refractivity contribution in [3.05, 3.63) is 0 Å². The van der Waals surface area contributed by atoms with Crippen molar-refractivity contribution in [2.75, 3.05) is 0 Å². The van der Waals surface area contributed by atoms with Crippen molar-refractivity contribution in [1.29, 1.82) is 0 Å². The summed E-state index contributed by atoms with van der Waals surface area (Å²) < 4.78 is 0. The molecule has 0 aromatic rings. The minimum Gasteiger partial charge on any atom is -0.0596 e. The number of hydrogen-bond acceptors (Lipinski definition) is 0. The Bertz CT molecular complexity index is 203. The summed E-state index contributed by atoms with van der Waals surface area (Å²) in [7, 11) is 0. The number of rotatable bonds is 0. The van der Waals surface area contributed by atoms with Crippen LogP contribution in [0.15, 0.2) is 0 Å². The lowest BCUT2D eigenvalue weighted by molar-refractivity contribution is -0.132. The van der Waals surface area contributed by atoms with E-state index < -0.39 is 0 Å². The Balaban J connectivity index is 2.35. The molecule has 0 heterocycles. The third-order valence-electron chi connectivity index (χ3n) is 5.20. The Morgan fingerprint density at radius 1 is 1.17 bits per heavy atom. The second-order valence-electron chi connectivity index (χ2n) is 6.49. The summed E-state index contributed by atoms with van der Waals surface area (Å²) in [5.74, 6) is 1.04. The van der Waals surface area contributed by atoms with Crippen LogP contribution in [0.1, 0.15) is 53.9 Å². The SMILES string of the molecule is CC(C)(C)C12CCC(C1)C2(C)C. The molecule has 0 aliphatic heterocycles. The van der Waals surface area contributed by atoms with Gasteiger partial charge in [0.1, 0.15) is 0 Å². The summed E-state index contributed by atoms with van der Waals surface area (Å²) in [6, 6.07) is 0. The van der Waals surface area contributed by atoms with Gasteiger partial charge in [0.2, 0.25) is 0 Å². The molecule has 0 N–H and O–H groups in total. The van der Waals surface area contributed by atoms with E-state index in [4.69, 9.17) is 0 Å². The highest BCUT2D eigenvalue weighted by Crippen LogP contribution is 2.76. The highest BCUT2D eigenvalue weighted by atomic mass is 14.7. The normalized spacial score (nSPS) is 44.2. The van der Waals surface area contributed by atoms with Crippen LogP contribution < -0.4 is 0 Å². The molecule has 0 spiro atoms. The summed E-state index contributed by atoms with van der Waals surface area (Å²) in [5, 5.41) is 0. The summed E-state index contributed by atoms with van der Waals surface area (Å²) in [4.78, 5) is 0.